The first-order chi connectivity index (χ1) is 10.9. The normalized spacial score (nSPS) is 11.4. The highest BCUT2D eigenvalue weighted by Gasteiger charge is 2.20. The first-order valence-corrected chi connectivity index (χ1v) is 9.52. The summed E-state index contributed by atoms with van der Waals surface area (Å²) in [6.07, 6.45) is 0. The number of ether oxygens (including phenoxy) is 1. The molecular formula is C14H17N3O4S2. The highest BCUT2D eigenvalue weighted by Crippen LogP contribution is 2.19. The lowest BCUT2D eigenvalue weighted by Crippen LogP contribution is -2.10. The van der Waals surface area contributed by atoms with Crippen molar-refractivity contribution >= 4 is 27.6 Å². The van der Waals surface area contributed by atoms with Gasteiger partial charge in [-0.3, -0.25) is 4.79 Å². The van der Waals surface area contributed by atoms with Crippen LogP contribution in [0.15, 0.2) is 40.4 Å². The van der Waals surface area contributed by atoms with Gasteiger partial charge in [-0.25, -0.2) is 8.42 Å². The number of carbonyl (C=O) groups is 1. The van der Waals surface area contributed by atoms with Crippen molar-refractivity contribution in [2.45, 2.75) is 22.7 Å². The maximum absolute atomic E-state index is 12.4. The maximum Gasteiger partial charge on any atom is 0.316 e. The lowest BCUT2D eigenvalue weighted by Gasteiger charge is -2.05. The summed E-state index contributed by atoms with van der Waals surface area (Å²) < 4.78 is 31.1. The largest absolute Gasteiger partial charge is 0.465 e. The molecule has 0 aliphatic carbocycles. The zero-order valence-electron chi connectivity index (χ0n) is 12.8. The minimum absolute atomic E-state index is 0.102. The van der Waals surface area contributed by atoms with Crippen LogP contribution in [0.5, 0.6) is 0 Å². The van der Waals surface area contributed by atoms with Crippen molar-refractivity contribution in [3.05, 3.63) is 36.2 Å². The molecule has 23 heavy (non-hydrogen) atoms. The molecule has 124 valence electrons. The number of thioether (sulfide) groups is 1. The van der Waals surface area contributed by atoms with Crippen LogP contribution in [0.3, 0.4) is 0 Å². The monoisotopic (exact) mass is 355 g/mol. The number of nitrogens with zero attached hydrogens (tertiary/aromatic N) is 3. The van der Waals surface area contributed by atoms with E-state index in [2.05, 4.69) is 10.2 Å². The van der Waals surface area contributed by atoms with Gasteiger partial charge in [-0.05, 0) is 19.1 Å². The third-order valence-corrected chi connectivity index (χ3v) is 5.59. The van der Waals surface area contributed by atoms with Crippen molar-refractivity contribution in [1.82, 2.24) is 14.8 Å². The molecule has 0 amide bonds. The first kappa shape index (κ1) is 17.5. The molecule has 0 bridgehead atoms. The van der Waals surface area contributed by atoms with E-state index in [0.717, 1.165) is 11.8 Å². The Hall–Kier alpha value is -1.87. The van der Waals surface area contributed by atoms with Gasteiger partial charge in [-0.1, -0.05) is 30.0 Å². The van der Waals surface area contributed by atoms with Crippen molar-refractivity contribution in [1.29, 1.82) is 0 Å². The van der Waals surface area contributed by atoms with E-state index in [1.807, 2.05) is 0 Å². The Bertz CT molecular complexity index is 773. The van der Waals surface area contributed by atoms with Crippen molar-refractivity contribution in [3.8, 4) is 0 Å². The molecule has 0 radical (unpaired) electrons. The lowest BCUT2D eigenvalue weighted by molar-refractivity contribution is -0.139. The highest BCUT2D eigenvalue weighted by atomic mass is 32.2. The summed E-state index contributed by atoms with van der Waals surface area (Å²) in [5.74, 6) is -0.176. The molecule has 0 unspecified atom stereocenters. The van der Waals surface area contributed by atoms with Gasteiger partial charge in [0.1, 0.15) is 11.6 Å². The van der Waals surface area contributed by atoms with Crippen molar-refractivity contribution in [2.24, 2.45) is 7.05 Å². The van der Waals surface area contributed by atoms with Gasteiger partial charge >= 0.3 is 5.97 Å². The van der Waals surface area contributed by atoms with Crippen LogP contribution in [0.25, 0.3) is 0 Å². The molecule has 1 aromatic heterocycles. The molecule has 0 saturated carbocycles. The molecule has 1 heterocycles. The number of aromatic nitrogens is 3. The SMILES string of the molecule is CCOC(=O)CSc1nnc(CS(=O)(=O)c2ccccc2)n1C. The van der Waals surface area contributed by atoms with Crippen LogP contribution in [-0.4, -0.2) is 41.5 Å². The summed E-state index contributed by atoms with van der Waals surface area (Å²) in [5, 5.41) is 8.31. The molecule has 2 rings (SSSR count). The summed E-state index contributed by atoms with van der Waals surface area (Å²) in [7, 11) is -1.82. The molecular weight excluding hydrogens is 338 g/mol. The van der Waals surface area contributed by atoms with E-state index in [1.54, 1.807) is 48.9 Å². The summed E-state index contributed by atoms with van der Waals surface area (Å²) in [6.45, 7) is 2.05. The van der Waals surface area contributed by atoms with E-state index < -0.39 is 9.84 Å². The van der Waals surface area contributed by atoms with Crippen LogP contribution in [0.2, 0.25) is 0 Å². The Morgan fingerprint density at radius 3 is 2.61 bits per heavy atom. The van der Waals surface area contributed by atoms with Crippen LogP contribution in [0, 0.1) is 0 Å². The average Bonchev–Trinajstić information content (AvgIpc) is 2.86. The summed E-state index contributed by atoms with van der Waals surface area (Å²) in [4.78, 5) is 11.6. The number of carbonyl (C=O) groups excluding carboxylic acids is 1. The van der Waals surface area contributed by atoms with Crippen molar-refractivity contribution in [3.63, 3.8) is 0 Å². The smallest absolute Gasteiger partial charge is 0.316 e. The third kappa shape index (κ3) is 4.55. The zero-order valence-corrected chi connectivity index (χ0v) is 14.4. The van der Waals surface area contributed by atoms with Gasteiger partial charge in [0.25, 0.3) is 0 Å². The topological polar surface area (TPSA) is 91.2 Å². The summed E-state index contributed by atoms with van der Waals surface area (Å²) >= 11 is 1.16. The number of esters is 1. The minimum atomic E-state index is -3.49. The molecule has 9 heteroatoms. The highest BCUT2D eigenvalue weighted by molar-refractivity contribution is 7.99. The van der Waals surface area contributed by atoms with Crippen LogP contribution in [0.1, 0.15) is 12.7 Å². The summed E-state index contributed by atoms with van der Waals surface area (Å²) in [5.41, 5.74) is 0. The molecule has 0 fully saturated rings. The Morgan fingerprint density at radius 2 is 1.96 bits per heavy atom. The van der Waals surface area contributed by atoms with Gasteiger partial charge in [0.2, 0.25) is 0 Å². The minimum Gasteiger partial charge on any atom is -0.465 e. The molecule has 0 saturated heterocycles. The quantitative estimate of drug-likeness (QED) is 0.548. The van der Waals surface area contributed by atoms with Crippen LogP contribution in [0.4, 0.5) is 0 Å². The predicted molar refractivity (Wildman–Crippen MR) is 85.7 cm³/mol. The van der Waals surface area contributed by atoms with Crippen molar-refractivity contribution in [2.75, 3.05) is 12.4 Å². The van der Waals surface area contributed by atoms with Crippen LogP contribution < -0.4 is 0 Å². The van der Waals surface area contributed by atoms with E-state index in [4.69, 9.17) is 4.74 Å². The number of benzene rings is 1. The summed E-state index contributed by atoms with van der Waals surface area (Å²) in [6, 6.07) is 8.18. The van der Waals surface area contributed by atoms with E-state index in [9.17, 15) is 13.2 Å². The first-order valence-electron chi connectivity index (χ1n) is 6.88. The standard InChI is InChI=1S/C14H17N3O4S2/c1-3-21-13(18)9-22-14-16-15-12(17(14)2)10-23(19,20)11-7-5-4-6-8-11/h4-8H,3,9-10H2,1-2H3. The number of rotatable bonds is 7. The molecule has 0 N–H and O–H groups in total. The molecule has 0 aliphatic heterocycles. The fourth-order valence-electron chi connectivity index (χ4n) is 1.80. The third-order valence-electron chi connectivity index (χ3n) is 2.97. The zero-order chi connectivity index (χ0) is 16.9. The van der Waals surface area contributed by atoms with Gasteiger partial charge in [0.05, 0.1) is 17.3 Å². The second-order valence-corrected chi connectivity index (χ2v) is 7.56. The number of hydrogen-bond donors (Lipinski definition) is 0. The number of hydrogen-bond acceptors (Lipinski definition) is 7. The molecule has 2 aromatic rings. The Balaban J connectivity index is 2.09. The maximum atomic E-state index is 12.4. The molecule has 0 atom stereocenters. The van der Waals surface area contributed by atoms with Gasteiger partial charge < -0.3 is 9.30 Å². The van der Waals surface area contributed by atoms with Gasteiger partial charge in [-0.15, -0.1) is 10.2 Å². The second-order valence-electron chi connectivity index (χ2n) is 4.62. The van der Waals surface area contributed by atoms with Gasteiger partial charge in [-0.2, -0.15) is 0 Å². The molecule has 0 spiro atoms. The van der Waals surface area contributed by atoms with E-state index in [1.165, 1.54) is 0 Å². The molecule has 1 aromatic carbocycles. The van der Waals surface area contributed by atoms with Gasteiger partial charge in [0.15, 0.2) is 15.0 Å². The van der Waals surface area contributed by atoms with Gasteiger partial charge in [0, 0.05) is 7.05 Å². The predicted octanol–water partition coefficient (Wildman–Crippen LogP) is 1.44. The number of sulfone groups is 1. The Morgan fingerprint density at radius 1 is 1.26 bits per heavy atom. The average molecular weight is 355 g/mol. The molecule has 0 aliphatic rings. The molecule has 7 nitrogen and oxygen atoms in total. The Kier molecular flexibility index (Phi) is 5.78. The van der Waals surface area contributed by atoms with E-state index in [0.29, 0.717) is 17.6 Å². The lowest BCUT2D eigenvalue weighted by atomic mass is 10.4. The van der Waals surface area contributed by atoms with Crippen LogP contribution >= 0.6 is 11.8 Å². The fourth-order valence-corrected chi connectivity index (χ4v) is 3.86. The Labute approximate surface area is 139 Å². The fraction of sp³-hybridized carbons (Fsp3) is 0.357. The van der Waals surface area contributed by atoms with E-state index >= 15 is 0 Å². The van der Waals surface area contributed by atoms with E-state index in [-0.39, 0.29) is 22.4 Å². The van der Waals surface area contributed by atoms with Crippen molar-refractivity contribution < 1.29 is 17.9 Å². The van der Waals surface area contributed by atoms with Crippen LogP contribution in [-0.2, 0) is 32.2 Å². The second kappa shape index (κ2) is 7.60.